The smallest absolute Gasteiger partial charge is 0.0628 e. The number of rotatable bonds is 4. The maximum absolute atomic E-state index is 4.87. The first-order chi connectivity index (χ1) is 9.76. The monoisotopic (exact) mass is 275 g/mol. The molecule has 0 spiro atoms. The molecule has 0 bridgehead atoms. The Balaban J connectivity index is 1.64. The van der Waals surface area contributed by atoms with E-state index in [1.165, 1.54) is 50.6 Å². The Morgan fingerprint density at radius 1 is 1.25 bits per heavy atom. The highest BCUT2D eigenvalue weighted by atomic mass is 15.3. The fourth-order valence-electron chi connectivity index (χ4n) is 4.23. The van der Waals surface area contributed by atoms with Crippen LogP contribution in [0, 0.1) is 11.8 Å². The second kappa shape index (κ2) is 6.30. The number of nitrogens with zero attached hydrogens (tertiary/aromatic N) is 2. The van der Waals surface area contributed by atoms with Crippen molar-refractivity contribution in [2.24, 2.45) is 11.8 Å². The van der Waals surface area contributed by atoms with Crippen LogP contribution in [-0.4, -0.2) is 22.9 Å². The van der Waals surface area contributed by atoms with E-state index >= 15 is 0 Å². The fourth-order valence-corrected chi connectivity index (χ4v) is 4.23. The molecule has 2 fully saturated rings. The SMILES string of the molecule is CNC1CCC(C)CC1Cc1ccn(C2CCCC2)n1. The molecule has 112 valence electrons. The largest absolute Gasteiger partial charge is 0.317 e. The van der Waals surface area contributed by atoms with Crippen LogP contribution in [0.5, 0.6) is 0 Å². The zero-order valence-electron chi connectivity index (χ0n) is 13.0. The molecule has 3 heteroatoms. The summed E-state index contributed by atoms with van der Waals surface area (Å²) in [5.41, 5.74) is 1.30. The summed E-state index contributed by atoms with van der Waals surface area (Å²) in [6.45, 7) is 2.40. The Bertz CT molecular complexity index is 420. The minimum Gasteiger partial charge on any atom is -0.317 e. The Morgan fingerprint density at radius 2 is 2.05 bits per heavy atom. The zero-order chi connectivity index (χ0) is 13.9. The zero-order valence-corrected chi connectivity index (χ0v) is 13.0. The Hall–Kier alpha value is -0.830. The van der Waals surface area contributed by atoms with E-state index in [4.69, 9.17) is 5.10 Å². The van der Waals surface area contributed by atoms with E-state index in [-0.39, 0.29) is 0 Å². The van der Waals surface area contributed by atoms with Crippen LogP contribution in [0.3, 0.4) is 0 Å². The summed E-state index contributed by atoms with van der Waals surface area (Å²) in [4.78, 5) is 0. The van der Waals surface area contributed by atoms with Crippen LogP contribution in [0.2, 0.25) is 0 Å². The molecule has 3 unspecified atom stereocenters. The number of nitrogens with one attached hydrogen (secondary N) is 1. The molecular formula is C17H29N3. The summed E-state index contributed by atoms with van der Waals surface area (Å²) in [7, 11) is 2.12. The third-order valence-corrected chi connectivity index (χ3v) is 5.45. The molecule has 2 aliphatic rings. The van der Waals surface area contributed by atoms with Gasteiger partial charge in [0.1, 0.15) is 0 Å². The molecule has 3 atom stereocenters. The first-order valence-corrected chi connectivity index (χ1v) is 8.47. The molecule has 1 aromatic rings. The molecule has 0 aliphatic heterocycles. The van der Waals surface area contributed by atoms with Crippen LogP contribution in [0.1, 0.15) is 63.6 Å². The highest BCUT2D eigenvalue weighted by Gasteiger charge is 2.28. The normalized spacial score (nSPS) is 31.8. The van der Waals surface area contributed by atoms with Gasteiger partial charge in [-0.3, -0.25) is 4.68 Å². The van der Waals surface area contributed by atoms with E-state index in [1.54, 1.807) is 0 Å². The van der Waals surface area contributed by atoms with Gasteiger partial charge in [-0.15, -0.1) is 0 Å². The molecule has 3 rings (SSSR count). The number of aromatic nitrogens is 2. The summed E-state index contributed by atoms with van der Waals surface area (Å²) in [5.74, 6) is 1.64. The summed E-state index contributed by atoms with van der Waals surface area (Å²) in [5, 5.41) is 8.39. The Morgan fingerprint density at radius 3 is 2.80 bits per heavy atom. The standard InChI is InChI=1S/C17H29N3/c1-13-7-8-17(18-2)14(11-13)12-15-9-10-20(19-15)16-5-3-4-6-16/h9-10,13-14,16-18H,3-8,11-12H2,1-2H3. The third kappa shape index (κ3) is 3.08. The minimum absolute atomic E-state index is 0.675. The molecular weight excluding hydrogens is 246 g/mol. The second-order valence-corrected chi connectivity index (χ2v) is 7.00. The van der Waals surface area contributed by atoms with Crippen molar-refractivity contribution in [3.8, 4) is 0 Å². The first-order valence-electron chi connectivity index (χ1n) is 8.47. The lowest BCUT2D eigenvalue weighted by Gasteiger charge is -2.34. The lowest BCUT2D eigenvalue weighted by atomic mass is 9.77. The predicted molar refractivity (Wildman–Crippen MR) is 82.8 cm³/mol. The van der Waals surface area contributed by atoms with E-state index in [0.29, 0.717) is 12.1 Å². The second-order valence-electron chi connectivity index (χ2n) is 7.00. The fraction of sp³-hybridized carbons (Fsp3) is 0.824. The molecule has 1 heterocycles. The molecule has 2 aliphatic carbocycles. The van der Waals surface area contributed by atoms with Gasteiger partial charge in [0, 0.05) is 12.2 Å². The summed E-state index contributed by atoms with van der Waals surface area (Å²) < 4.78 is 2.24. The van der Waals surface area contributed by atoms with Gasteiger partial charge in [0.2, 0.25) is 0 Å². The molecule has 0 amide bonds. The summed E-state index contributed by atoms with van der Waals surface area (Å²) >= 11 is 0. The van der Waals surface area contributed by atoms with E-state index in [2.05, 4.69) is 36.2 Å². The van der Waals surface area contributed by atoms with Gasteiger partial charge in [-0.05, 0) is 63.5 Å². The Kier molecular flexibility index (Phi) is 4.45. The van der Waals surface area contributed by atoms with E-state index in [0.717, 1.165) is 18.3 Å². The average molecular weight is 275 g/mol. The average Bonchev–Trinajstić information content (AvgIpc) is 3.09. The molecule has 1 N–H and O–H groups in total. The Labute approximate surface area is 123 Å². The van der Waals surface area contributed by atoms with Crippen LogP contribution in [0.15, 0.2) is 12.3 Å². The molecule has 0 saturated heterocycles. The van der Waals surface area contributed by atoms with Crippen LogP contribution < -0.4 is 5.32 Å². The van der Waals surface area contributed by atoms with Crippen molar-refractivity contribution in [3.63, 3.8) is 0 Å². The lowest BCUT2D eigenvalue weighted by Crippen LogP contribution is -2.39. The first kappa shape index (κ1) is 14.1. The van der Waals surface area contributed by atoms with Gasteiger partial charge < -0.3 is 5.32 Å². The van der Waals surface area contributed by atoms with Crippen molar-refractivity contribution in [2.45, 2.75) is 70.4 Å². The number of hydrogen-bond donors (Lipinski definition) is 1. The minimum atomic E-state index is 0.675. The van der Waals surface area contributed by atoms with E-state index in [9.17, 15) is 0 Å². The van der Waals surface area contributed by atoms with E-state index < -0.39 is 0 Å². The van der Waals surface area contributed by atoms with Crippen LogP contribution in [-0.2, 0) is 6.42 Å². The van der Waals surface area contributed by atoms with Crippen molar-refractivity contribution in [2.75, 3.05) is 7.05 Å². The van der Waals surface area contributed by atoms with E-state index in [1.807, 2.05) is 0 Å². The van der Waals surface area contributed by atoms with Crippen molar-refractivity contribution in [1.82, 2.24) is 15.1 Å². The highest BCUT2D eigenvalue weighted by molar-refractivity contribution is 5.03. The molecule has 3 nitrogen and oxygen atoms in total. The topological polar surface area (TPSA) is 29.9 Å². The molecule has 0 aromatic carbocycles. The van der Waals surface area contributed by atoms with Crippen molar-refractivity contribution < 1.29 is 0 Å². The van der Waals surface area contributed by atoms with Crippen molar-refractivity contribution in [3.05, 3.63) is 18.0 Å². The quantitative estimate of drug-likeness (QED) is 0.910. The highest BCUT2D eigenvalue weighted by Crippen LogP contribution is 2.32. The molecule has 20 heavy (non-hydrogen) atoms. The van der Waals surface area contributed by atoms with Gasteiger partial charge in [-0.25, -0.2) is 0 Å². The molecule has 1 aromatic heterocycles. The lowest BCUT2D eigenvalue weighted by molar-refractivity contribution is 0.218. The summed E-state index contributed by atoms with van der Waals surface area (Å²) in [6, 6.07) is 3.61. The summed E-state index contributed by atoms with van der Waals surface area (Å²) in [6.07, 6.45) is 12.8. The maximum atomic E-state index is 4.87. The van der Waals surface area contributed by atoms with Gasteiger partial charge in [0.15, 0.2) is 0 Å². The van der Waals surface area contributed by atoms with Crippen molar-refractivity contribution >= 4 is 0 Å². The maximum Gasteiger partial charge on any atom is 0.0628 e. The van der Waals surface area contributed by atoms with Crippen LogP contribution in [0.25, 0.3) is 0 Å². The van der Waals surface area contributed by atoms with Gasteiger partial charge in [0.05, 0.1) is 11.7 Å². The van der Waals surface area contributed by atoms with Gasteiger partial charge in [0.25, 0.3) is 0 Å². The molecule has 2 saturated carbocycles. The van der Waals surface area contributed by atoms with Gasteiger partial charge in [-0.2, -0.15) is 5.10 Å². The van der Waals surface area contributed by atoms with Gasteiger partial charge >= 0.3 is 0 Å². The van der Waals surface area contributed by atoms with Crippen LogP contribution in [0.4, 0.5) is 0 Å². The molecule has 0 radical (unpaired) electrons. The van der Waals surface area contributed by atoms with Crippen LogP contribution >= 0.6 is 0 Å². The van der Waals surface area contributed by atoms with Gasteiger partial charge in [-0.1, -0.05) is 19.8 Å². The predicted octanol–water partition coefficient (Wildman–Crippen LogP) is 3.56. The third-order valence-electron chi connectivity index (χ3n) is 5.45. The number of hydrogen-bond acceptors (Lipinski definition) is 2. The van der Waals surface area contributed by atoms with Crippen molar-refractivity contribution in [1.29, 1.82) is 0 Å².